The van der Waals surface area contributed by atoms with Gasteiger partial charge in [0.1, 0.15) is 5.78 Å². The first-order chi connectivity index (χ1) is 10.5. The molecule has 5 nitrogen and oxygen atoms in total. The van der Waals surface area contributed by atoms with Gasteiger partial charge in [-0.25, -0.2) is 0 Å². The van der Waals surface area contributed by atoms with E-state index in [1.807, 2.05) is 0 Å². The molecule has 22 heavy (non-hydrogen) atoms. The molecule has 0 aromatic rings. The summed E-state index contributed by atoms with van der Waals surface area (Å²) in [5, 5.41) is 8.94. The van der Waals surface area contributed by atoms with E-state index in [0.29, 0.717) is 38.1 Å². The Morgan fingerprint density at radius 3 is 2.14 bits per heavy atom. The van der Waals surface area contributed by atoms with E-state index in [9.17, 15) is 14.4 Å². The maximum absolute atomic E-state index is 12.1. The van der Waals surface area contributed by atoms with Gasteiger partial charge in [0, 0.05) is 18.8 Å². The standard InChI is InChI=1S/C17H28O5/c1-2-16(19)22-12-6-4-3-5-7-15(18)13-8-10-14(11-9-13)17(20)21/h13-14H,2-12H2,1H3,(H,20,21). The van der Waals surface area contributed by atoms with E-state index in [0.717, 1.165) is 38.5 Å². The Morgan fingerprint density at radius 1 is 0.955 bits per heavy atom. The lowest BCUT2D eigenvalue weighted by Crippen LogP contribution is -2.25. The van der Waals surface area contributed by atoms with Crippen molar-refractivity contribution in [3.8, 4) is 0 Å². The summed E-state index contributed by atoms with van der Waals surface area (Å²) in [6.45, 7) is 2.25. The van der Waals surface area contributed by atoms with Crippen LogP contribution in [0, 0.1) is 11.8 Å². The van der Waals surface area contributed by atoms with Gasteiger partial charge in [-0.2, -0.15) is 0 Å². The van der Waals surface area contributed by atoms with E-state index < -0.39 is 5.97 Å². The fourth-order valence-electron chi connectivity index (χ4n) is 2.91. The van der Waals surface area contributed by atoms with Crippen LogP contribution in [0.2, 0.25) is 0 Å². The summed E-state index contributed by atoms with van der Waals surface area (Å²) in [6.07, 6.45) is 7.39. The molecule has 0 bridgehead atoms. The van der Waals surface area contributed by atoms with E-state index in [1.54, 1.807) is 6.92 Å². The van der Waals surface area contributed by atoms with E-state index >= 15 is 0 Å². The highest BCUT2D eigenvalue weighted by Crippen LogP contribution is 2.30. The summed E-state index contributed by atoms with van der Waals surface area (Å²) in [5.41, 5.74) is 0. The number of rotatable bonds is 10. The van der Waals surface area contributed by atoms with Gasteiger partial charge < -0.3 is 9.84 Å². The van der Waals surface area contributed by atoms with Crippen LogP contribution in [0.3, 0.4) is 0 Å². The third kappa shape index (κ3) is 7.05. The van der Waals surface area contributed by atoms with Crippen LogP contribution in [-0.4, -0.2) is 29.4 Å². The van der Waals surface area contributed by atoms with Gasteiger partial charge in [-0.15, -0.1) is 0 Å². The summed E-state index contributed by atoms with van der Waals surface area (Å²) in [4.78, 5) is 33.9. The first kappa shape index (κ1) is 18.7. The third-order valence-corrected chi connectivity index (χ3v) is 4.40. The number of carbonyl (C=O) groups is 3. The molecule has 0 spiro atoms. The number of carboxylic acids is 1. The van der Waals surface area contributed by atoms with Gasteiger partial charge in [-0.05, 0) is 38.5 Å². The van der Waals surface area contributed by atoms with Gasteiger partial charge in [0.2, 0.25) is 0 Å². The number of ketones is 1. The lowest BCUT2D eigenvalue weighted by atomic mass is 9.79. The van der Waals surface area contributed by atoms with Crippen LogP contribution < -0.4 is 0 Å². The molecule has 0 aromatic carbocycles. The van der Waals surface area contributed by atoms with Crippen molar-refractivity contribution >= 4 is 17.7 Å². The summed E-state index contributed by atoms with van der Waals surface area (Å²) in [5.74, 6) is -0.779. The van der Waals surface area contributed by atoms with Gasteiger partial charge >= 0.3 is 11.9 Å². The Hall–Kier alpha value is -1.39. The Balaban J connectivity index is 2.02. The Bertz CT molecular complexity index is 369. The van der Waals surface area contributed by atoms with Gasteiger partial charge in [-0.3, -0.25) is 14.4 Å². The average Bonchev–Trinajstić information content (AvgIpc) is 2.53. The van der Waals surface area contributed by atoms with Crippen molar-refractivity contribution in [1.82, 2.24) is 0 Å². The molecular formula is C17H28O5. The number of aliphatic carboxylic acids is 1. The molecule has 0 aromatic heterocycles. The van der Waals surface area contributed by atoms with E-state index in [4.69, 9.17) is 9.84 Å². The maximum atomic E-state index is 12.1. The topological polar surface area (TPSA) is 80.7 Å². The fourth-order valence-corrected chi connectivity index (χ4v) is 2.91. The van der Waals surface area contributed by atoms with Crippen molar-refractivity contribution in [2.75, 3.05) is 6.61 Å². The highest BCUT2D eigenvalue weighted by atomic mass is 16.5. The Labute approximate surface area is 132 Å². The SMILES string of the molecule is CCC(=O)OCCCCCCC(=O)C1CCC(C(=O)O)CC1. The van der Waals surface area contributed by atoms with Crippen molar-refractivity contribution in [2.45, 2.75) is 71.1 Å². The first-order valence-corrected chi connectivity index (χ1v) is 8.45. The lowest BCUT2D eigenvalue weighted by molar-refractivity contribution is -0.144. The molecule has 126 valence electrons. The smallest absolute Gasteiger partial charge is 0.306 e. The van der Waals surface area contributed by atoms with Crippen molar-refractivity contribution in [3.63, 3.8) is 0 Å². The zero-order valence-corrected chi connectivity index (χ0v) is 13.5. The number of unbranched alkanes of at least 4 members (excludes halogenated alkanes) is 3. The normalized spacial score (nSPS) is 21.3. The number of carbonyl (C=O) groups excluding carboxylic acids is 2. The molecule has 1 rings (SSSR count). The van der Waals surface area contributed by atoms with Crippen molar-refractivity contribution in [3.05, 3.63) is 0 Å². The minimum absolute atomic E-state index is 0.0705. The third-order valence-electron chi connectivity index (χ3n) is 4.40. The van der Waals surface area contributed by atoms with Crippen molar-refractivity contribution in [1.29, 1.82) is 0 Å². The molecule has 5 heteroatoms. The second kappa shape index (κ2) is 10.4. The van der Waals surface area contributed by atoms with Crippen LogP contribution in [0.1, 0.15) is 71.1 Å². The molecule has 0 radical (unpaired) electrons. The number of hydrogen-bond acceptors (Lipinski definition) is 4. The van der Waals surface area contributed by atoms with E-state index in [-0.39, 0.29) is 17.8 Å². The molecule has 1 aliphatic rings. The number of Topliss-reactive ketones (excluding diaryl/α,β-unsaturated/α-hetero) is 1. The molecule has 0 atom stereocenters. The predicted molar refractivity (Wildman–Crippen MR) is 82.4 cm³/mol. The van der Waals surface area contributed by atoms with Crippen LogP contribution in [0.4, 0.5) is 0 Å². The van der Waals surface area contributed by atoms with E-state index in [1.165, 1.54) is 0 Å². The second-order valence-corrected chi connectivity index (χ2v) is 6.09. The minimum Gasteiger partial charge on any atom is -0.481 e. The van der Waals surface area contributed by atoms with Crippen LogP contribution in [0.5, 0.6) is 0 Å². The summed E-state index contributed by atoms with van der Waals surface area (Å²) in [7, 11) is 0. The second-order valence-electron chi connectivity index (χ2n) is 6.09. The Kier molecular flexibility index (Phi) is 8.78. The fraction of sp³-hybridized carbons (Fsp3) is 0.824. The molecule has 1 fully saturated rings. The lowest BCUT2D eigenvalue weighted by Gasteiger charge is -2.25. The molecule has 0 aliphatic heterocycles. The monoisotopic (exact) mass is 312 g/mol. The number of carboxylic acid groups (broad SMARTS) is 1. The van der Waals surface area contributed by atoms with Gasteiger partial charge in [0.25, 0.3) is 0 Å². The molecule has 0 saturated heterocycles. The molecule has 1 aliphatic carbocycles. The molecular weight excluding hydrogens is 284 g/mol. The first-order valence-electron chi connectivity index (χ1n) is 8.45. The highest BCUT2D eigenvalue weighted by Gasteiger charge is 2.29. The average molecular weight is 312 g/mol. The molecule has 0 heterocycles. The molecule has 0 amide bonds. The molecule has 0 unspecified atom stereocenters. The minimum atomic E-state index is -0.727. The van der Waals surface area contributed by atoms with Gasteiger partial charge in [0.15, 0.2) is 0 Å². The molecule has 1 N–H and O–H groups in total. The van der Waals surface area contributed by atoms with E-state index in [2.05, 4.69) is 0 Å². The van der Waals surface area contributed by atoms with Gasteiger partial charge in [-0.1, -0.05) is 19.8 Å². The zero-order chi connectivity index (χ0) is 16.4. The molecule has 1 saturated carbocycles. The van der Waals surface area contributed by atoms with Gasteiger partial charge in [0.05, 0.1) is 12.5 Å². The summed E-state index contributed by atoms with van der Waals surface area (Å²) < 4.78 is 4.99. The van der Waals surface area contributed by atoms with Crippen molar-refractivity contribution in [2.24, 2.45) is 11.8 Å². The van der Waals surface area contributed by atoms with Crippen LogP contribution in [0.15, 0.2) is 0 Å². The highest BCUT2D eigenvalue weighted by molar-refractivity contribution is 5.81. The quantitative estimate of drug-likeness (QED) is 0.494. The van der Waals surface area contributed by atoms with Crippen LogP contribution >= 0.6 is 0 Å². The number of ether oxygens (including phenoxy) is 1. The zero-order valence-electron chi connectivity index (χ0n) is 13.5. The number of hydrogen-bond donors (Lipinski definition) is 1. The van der Waals surface area contributed by atoms with Crippen LogP contribution in [-0.2, 0) is 19.1 Å². The van der Waals surface area contributed by atoms with Crippen LogP contribution in [0.25, 0.3) is 0 Å². The maximum Gasteiger partial charge on any atom is 0.306 e. The summed E-state index contributed by atoms with van der Waals surface area (Å²) >= 11 is 0. The predicted octanol–water partition coefficient (Wildman–Crippen LogP) is 3.35. The summed E-state index contributed by atoms with van der Waals surface area (Å²) in [6, 6.07) is 0. The van der Waals surface area contributed by atoms with Crippen molar-refractivity contribution < 1.29 is 24.2 Å². The largest absolute Gasteiger partial charge is 0.481 e. The Morgan fingerprint density at radius 2 is 1.55 bits per heavy atom. The number of esters is 1.